The highest BCUT2D eigenvalue weighted by Gasteiger charge is 2.73. The normalized spacial score (nSPS) is 30.8. The first-order valence-corrected chi connectivity index (χ1v) is 10.7. The molecule has 0 aromatic heterocycles. The van der Waals surface area contributed by atoms with Crippen molar-refractivity contribution in [3.8, 4) is 0 Å². The summed E-state index contributed by atoms with van der Waals surface area (Å²) in [6.45, 7) is 0. The summed E-state index contributed by atoms with van der Waals surface area (Å²) in [6, 6.07) is 22.0. The van der Waals surface area contributed by atoms with Crippen molar-refractivity contribution in [3.63, 3.8) is 0 Å². The van der Waals surface area contributed by atoms with Crippen LogP contribution in [0.25, 0.3) is 0 Å². The Hall–Kier alpha value is -2.33. The van der Waals surface area contributed by atoms with Crippen LogP contribution in [0.1, 0.15) is 22.3 Å². The monoisotopic (exact) mass is 453 g/mol. The molecule has 2 atom stereocenters. The summed E-state index contributed by atoms with van der Waals surface area (Å²) in [6.07, 6.45) is 0. The van der Waals surface area contributed by atoms with Crippen LogP contribution in [-0.2, 0) is 19.3 Å². The molecule has 0 saturated carbocycles. The lowest BCUT2D eigenvalue weighted by Gasteiger charge is -2.54. The van der Waals surface area contributed by atoms with Gasteiger partial charge in [0, 0.05) is 0 Å². The van der Waals surface area contributed by atoms with Crippen LogP contribution in [0, 0.1) is 11.8 Å². The molecule has 3 aromatic carbocycles. The number of benzene rings is 3. The highest BCUT2D eigenvalue weighted by Crippen LogP contribution is 2.69. The zero-order valence-electron chi connectivity index (χ0n) is 15.5. The number of amides is 2. The number of nitrogens with zero attached hydrogens (tertiary/aromatic N) is 1. The number of hydrogen-bond acceptors (Lipinski definition) is 2. The Morgan fingerprint density at radius 2 is 1.00 bits per heavy atom. The standard InChI is InChI=1S/C24H14Cl3NO2/c25-17-11-5-6-12-18(17)28-21(29)19-20(22(28)30)24(27)14-8-2-1-7-13(14)23(19,26)15-9-3-4-10-16(15)24/h1-12,19-20H/t19-,20-,23?,24?/m0/s1. The summed E-state index contributed by atoms with van der Waals surface area (Å²) in [7, 11) is 0. The van der Waals surface area contributed by atoms with Gasteiger partial charge in [-0.3, -0.25) is 9.59 Å². The highest BCUT2D eigenvalue weighted by atomic mass is 35.5. The molecule has 0 N–H and O–H groups in total. The number of carbonyl (C=O) groups is 2. The van der Waals surface area contributed by atoms with E-state index in [1.54, 1.807) is 24.3 Å². The quantitative estimate of drug-likeness (QED) is 0.363. The molecule has 1 fully saturated rings. The Morgan fingerprint density at radius 3 is 1.40 bits per heavy atom. The van der Waals surface area contributed by atoms with E-state index in [9.17, 15) is 9.59 Å². The lowest BCUT2D eigenvalue weighted by Crippen LogP contribution is -2.57. The third-order valence-corrected chi connectivity index (χ3v) is 8.28. The van der Waals surface area contributed by atoms with E-state index >= 15 is 0 Å². The SMILES string of the molecule is O=C1[C@@H]2[C@@H](C(=O)N1c1ccccc1Cl)C1(Cl)c3ccccc3C2(Cl)c2ccccc21. The maximum absolute atomic E-state index is 13.8. The van der Waals surface area contributed by atoms with Crippen LogP contribution >= 0.6 is 34.8 Å². The Balaban J connectivity index is 1.68. The van der Waals surface area contributed by atoms with Crippen LogP contribution in [0.2, 0.25) is 5.02 Å². The van der Waals surface area contributed by atoms with Gasteiger partial charge in [-0.1, -0.05) is 72.3 Å². The fourth-order valence-electron chi connectivity index (χ4n) is 5.54. The maximum atomic E-state index is 13.8. The van der Waals surface area contributed by atoms with Gasteiger partial charge in [-0.05, 0) is 34.4 Å². The van der Waals surface area contributed by atoms with Crippen LogP contribution < -0.4 is 4.90 Å². The number of alkyl halides is 2. The lowest BCUT2D eigenvalue weighted by atomic mass is 9.54. The van der Waals surface area contributed by atoms with Gasteiger partial charge in [-0.25, -0.2) is 4.90 Å². The first kappa shape index (κ1) is 18.4. The zero-order valence-corrected chi connectivity index (χ0v) is 17.7. The van der Waals surface area contributed by atoms with Crippen molar-refractivity contribution in [1.82, 2.24) is 0 Å². The maximum Gasteiger partial charge on any atom is 0.240 e. The average Bonchev–Trinajstić information content (AvgIpc) is 3.04. The van der Waals surface area contributed by atoms with E-state index in [1.165, 1.54) is 4.90 Å². The van der Waals surface area contributed by atoms with E-state index in [1.807, 2.05) is 48.5 Å². The molecule has 148 valence electrons. The Labute approximate surface area is 188 Å². The molecule has 7 rings (SSSR count). The van der Waals surface area contributed by atoms with Crippen LogP contribution in [-0.4, -0.2) is 11.8 Å². The Morgan fingerprint density at radius 1 is 0.633 bits per heavy atom. The van der Waals surface area contributed by atoms with E-state index in [0.29, 0.717) is 10.7 Å². The predicted octanol–water partition coefficient (Wildman–Crippen LogP) is 5.44. The summed E-state index contributed by atoms with van der Waals surface area (Å²) in [4.78, 5) is 26.3. The molecule has 2 amide bonds. The van der Waals surface area contributed by atoms with Gasteiger partial charge in [0.15, 0.2) is 0 Å². The molecule has 4 aliphatic rings. The number of imide groups is 1. The summed E-state index contributed by atoms with van der Waals surface area (Å²) in [5.74, 6) is -2.40. The van der Waals surface area contributed by atoms with Crippen molar-refractivity contribution in [2.45, 2.75) is 9.75 Å². The molecule has 1 heterocycles. The molecule has 0 radical (unpaired) electrons. The third kappa shape index (κ3) is 1.90. The summed E-state index contributed by atoms with van der Waals surface area (Å²) >= 11 is 21.1. The third-order valence-electron chi connectivity index (χ3n) is 6.68. The molecule has 30 heavy (non-hydrogen) atoms. The van der Waals surface area contributed by atoms with E-state index in [2.05, 4.69) is 0 Å². The highest BCUT2D eigenvalue weighted by molar-refractivity contribution is 6.40. The molecule has 3 nitrogen and oxygen atoms in total. The van der Waals surface area contributed by atoms with Gasteiger partial charge in [0.1, 0.15) is 9.75 Å². The lowest BCUT2D eigenvalue weighted by molar-refractivity contribution is -0.122. The first-order chi connectivity index (χ1) is 14.4. The fourth-order valence-corrected chi connectivity index (χ4v) is 6.86. The molecule has 3 aromatic rings. The topological polar surface area (TPSA) is 37.4 Å². The minimum absolute atomic E-state index is 0.326. The van der Waals surface area contributed by atoms with Gasteiger partial charge in [0.25, 0.3) is 0 Å². The molecule has 2 bridgehead atoms. The summed E-state index contributed by atoms with van der Waals surface area (Å²) in [5.41, 5.74) is 3.48. The van der Waals surface area contributed by atoms with E-state index in [0.717, 1.165) is 22.3 Å². The Kier molecular flexibility index (Phi) is 3.61. The van der Waals surface area contributed by atoms with Gasteiger partial charge >= 0.3 is 0 Å². The van der Waals surface area contributed by atoms with Crippen LogP contribution in [0.3, 0.4) is 0 Å². The number of anilines is 1. The number of para-hydroxylation sites is 1. The van der Waals surface area contributed by atoms with Crippen LogP contribution in [0.4, 0.5) is 5.69 Å². The summed E-state index contributed by atoms with van der Waals surface area (Å²) in [5, 5.41) is 0.326. The molecule has 1 aliphatic heterocycles. The Bertz CT molecular complexity index is 1150. The van der Waals surface area contributed by atoms with Crippen LogP contribution in [0.5, 0.6) is 0 Å². The van der Waals surface area contributed by atoms with Gasteiger partial charge in [-0.2, -0.15) is 0 Å². The minimum atomic E-state index is -1.18. The molecular formula is C24H14Cl3NO2. The number of rotatable bonds is 1. The largest absolute Gasteiger partial charge is 0.274 e. The van der Waals surface area contributed by atoms with Crippen molar-refractivity contribution in [2.24, 2.45) is 11.8 Å². The van der Waals surface area contributed by atoms with Gasteiger partial charge < -0.3 is 0 Å². The molecule has 0 spiro atoms. The smallest absolute Gasteiger partial charge is 0.240 e. The predicted molar refractivity (Wildman–Crippen MR) is 117 cm³/mol. The minimum Gasteiger partial charge on any atom is -0.274 e. The van der Waals surface area contributed by atoms with Crippen LogP contribution in [0.15, 0.2) is 72.8 Å². The molecule has 3 aliphatic carbocycles. The fraction of sp³-hybridized carbons (Fsp3) is 0.167. The number of carbonyl (C=O) groups excluding carboxylic acids is 2. The van der Waals surface area contributed by atoms with Crippen molar-refractivity contribution in [2.75, 3.05) is 4.90 Å². The van der Waals surface area contributed by atoms with Gasteiger partial charge in [0.2, 0.25) is 11.8 Å². The second kappa shape index (κ2) is 5.88. The average molecular weight is 455 g/mol. The number of halogens is 3. The van der Waals surface area contributed by atoms with E-state index < -0.39 is 21.6 Å². The van der Waals surface area contributed by atoms with E-state index in [-0.39, 0.29) is 11.8 Å². The van der Waals surface area contributed by atoms with E-state index in [4.69, 9.17) is 34.8 Å². The summed E-state index contributed by atoms with van der Waals surface area (Å²) < 4.78 is 0. The van der Waals surface area contributed by atoms with Crippen molar-refractivity contribution in [1.29, 1.82) is 0 Å². The zero-order chi connectivity index (χ0) is 20.8. The first-order valence-electron chi connectivity index (χ1n) is 9.62. The van der Waals surface area contributed by atoms with Gasteiger partial charge in [0.05, 0.1) is 22.5 Å². The second-order valence-corrected chi connectivity index (χ2v) is 9.53. The molecular weight excluding hydrogens is 441 g/mol. The van der Waals surface area contributed by atoms with Gasteiger partial charge in [-0.15, -0.1) is 23.2 Å². The van der Waals surface area contributed by atoms with Crippen molar-refractivity contribution >= 4 is 52.3 Å². The molecule has 0 unspecified atom stereocenters. The number of hydrogen-bond donors (Lipinski definition) is 0. The second-order valence-electron chi connectivity index (χ2n) is 7.93. The van der Waals surface area contributed by atoms with Crippen molar-refractivity contribution < 1.29 is 9.59 Å². The van der Waals surface area contributed by atoms with Crippen molar-refractivity contribution in [3.05, 3.63) is 100 Å². The molecule has 6 heteroatoms. The molecule has 1 saturated heterocycles.